The van der Waals surface area contributed by atoms with Crippen LogP contribution in [0.25, 0.3) is 0 Å². The molecular formula is C19H17F2N3O2S. The van der Waals surface area contributed by atoms with Crippen LogP contribution >= 0.6 is 0 Å². The van der Waals surface area contributed by atoms with E-state index >= 15 is 0 Å². The third-order valence-corrected chi connectivity index (χ3v) is 5.23. The van der Waals surface area contributed by atoms with E-state index in [0.717, 1.165) is 24.1 Å². The van der Waals surface area contributed by atoms with Gasteiger partial charge in [0.1, 0.15) is 17.5 Å². The summed E-state index contributed by atoms with van der Waals surface area (Å²) in [5.41, 5.74) is 1.55. The fraction of sp³-hybridized carbons (Fsp3) is 0.105. The van der Waals surface area contributed by atoms with Crippen molar-refractivity contribution in [1.82, 2.24) is 4.98 Å². The molecule has 5 nitrogen and oxygen atoms in total. The number of nitrogens with zero attached hydrogens (tertiary/aromatic N) is 1. The molecule has 1 aromatic heterocycles. The van der Waals surface area contributed by atoms with Gasteiger partial charge < -0.3 is 5.32 Å². The van der Waals surface area contributed by atoms with Gasteiger partial charge in [0.2, 0.25) is 0 Å². The summed E-state index contributed by atoms with van der Waals surface area (Å²) in [6.07, 6.45) is 2.17. The van der Waals surface area contributed by atoms with Crippen LogP contribution in [0.3, 0.4) is 0 Å². The zero-order valence-corrected chi connectivity index (χ0v) is 15.2. The number of nitrogens with one attached hydrogen (secondary N) is 2. The average molecular weight is 389 g/mol. The van der Waals surface area contributed by atoms with E-state index in [2.05, 4.69) is 15.0 Å². The van der Waals surface area contributed by atoms with Gasteiger partial charge in [0.25, 0.3) is 10.0 Å². The lowest BCUT2D eigenvalue weighted by Crippen LogP contribution is -2.14. The van der Waals surface area contributed by atoms with Crippen LogP contribution in [0.2, 0.25) is 0 Å². The lowest BCUT2D eigenvalue weighted by molar-refractivity contribution is 0.586. The number of rotatable bonds is 6. The Labute approximate surface area is 156 Å². The molecule has 2 N–H and O–H groups in total. The molecule has 1 heterocycles. The van der Waals surface area contributed by atoms with E-state index in [0.29, 0.717) is 5.69 Å². The Hall–Kier alpha value is -3.00. The van der Waals surface area contributed by atoms with Crippen LogP contribution in [0.5, 0.6) is 0 Å². The fourth-order valence-electron chi connectivity index (χ4n) is 2.38. The topological polar surface area (TPSA) is 71.1 Å². The summed E-state index contributed by atoms with van der Waals surface area (Å²) < 4.78 is 53.8. The van der Waals surface area contributed by atoms with Gasteiger partial charge in [-0.15, -0.1) is 0 Å². The molecule has 0 amide bonds. The first kappa shape index (κ1) is 18.8. The number of halogens is 2. The Morgan fingerprint density at radius 1 is 1.00 bits per heavy atom. The van der Waals surface area contributed by atoms with Gasteiger partial charge in [-0.3, -0.25) is 4.72 Å². The minimum Gasteiger partial charge on any atom is -0.352 e. The molecule has 2 aromatic carbocycles. The van der Waals surface area contributed by atoms with Crippen LogP contribution in [0, 0.1) is 11.6 Å². The second-order valence-corrected chi connectivity index (χ2v) is 7.47. The molecule has 0 unspecified atom stereocenters. The number of hydrogen-bond acceptors (Lipinski definition) is 4. The van der Waals surface area contributed by atoms with Crippen LogP contribution in [0.4, 0.5) is 26.0 Å². The molecule has 0 aliphatic carbocycles. The van der Waals surface area contributed by atoms with Crippen molar-refractivity contribution in [2.75, 3.05) is 10.0 Å². The molecule has 0 aliphatic rings. The molecule has 3 rings (SSSR count). The van der Waals surface area contributed by atoms with E-state index in [9.17, 15) is 17.2 Å². The second-order valence-electron chi connectivity index (χ2n) is 5.78. The lowest BCUT2D eigenvalue weighted by atomic mass is 10.2. The average Bonchev–Trinajstić information content (AvgIpc) is 2.65. The third kappa shape index (κ3) is 4.59. The van der Waals surface area contributed by atoms with Crippen molar-refractivity contribution < 1.29 is 17.2 Å². The molecule has 8 heteroatoms. The molecule has 27 heavy (non-hydrogen) atoms. The Morgan fingerprint density at radius 2 is 1.74 bits per heavy atom. The summed E-state index contributed by atoms with van der Waals surface area (Å²) in [6, 6.07) is 12.7. The second kappa shape index (κ2) is 7.71. The normalized spacial score (nSPS) is 11.2. The standard InChI is InChI=1S/C19H17F2N3O2S/c1-2-13-3-7-16(8-4-13)27(25,26)24-19-10-6-15(12-22-19)23-18-9-5-14(20)11-17(18)21/h3-12,23H,2H2,1H3,(H,22,24). The number of sulfonamides is 1. The minimum atomic E-state index is -3.76. The highest BCUT2D eigenvalue weighted by Gasteiger charge is 2.14. The smallest absolute Gasteiger partial charge is 0.263 e. The fourth-order valence-corrected chi connectivity index (χ4v) is 3.38. The van der Waals surface area contributed by atoms with Gasteiger partial charge in [0.15, 0.2) is 0 Å². The van der Waals surface area contributed by atoms with Crippen molar-refractivity contribution in [3.05, 3.63) is 78.0 Å². The van der Waals surface area contributed by atoms with Crippen molar-refractivity contribution in [1.29, 1.82) is 0 Å². The minimum absolute atomic E-state index is 0.0857. The maximum Gasteiger partial charge on any atom is 0.263 e. The maximum atomic E-state index is 13.7. The van der Waals surface area contributed by atoms with Gasteiger partial charge in [0, 0.05) is 6.07 Å². The van der Waals surface area contributed by atoms with Gasteiger partial charge >= 0.3 is 0 Å². The molecule has 0 bridgehead atoms. The molecule has 0 saturated carbocycles. The number of benzene rings is 2. The highest BCUT2D eigenvalue weighted by molar-refractivity contribution is 7.92. The largest absolute Gasteiger partial charge is 0.352 e. The van der Waals surface area contributed by atoms with Crippen LogP contribution in [-0.2, 0) is 16.4 Å². The van der Waals surface area contributed by atoms with Crippen molar-refractivity contribution >= 4 is 27.2 Å². The Morgan fingerprint density at radius 3 is 2.33 bits per heavy atom. The van der Waals surface area contributed by atoms with Crippen LogP contribution < -0.4 is 10.0 Å². The highest BCUT2D eigenvalue weighted by atomic mass is 32.2. The zero-order valence-electron chi connectivity index (χ0n) is 14.4. The monoisotopic (exact) mass is 389 g/mol. The van der Waals surface area contributed by atoms with E-state index in [1.807, 2.05) is 6.92 Å². The molecule has 0 saturated heterocycles. The zero-order chi connectivity index (χ0) is 19.4. The van der Waals surface area contributed by atoms with Gasteiger partial charge in [0.05, 0.1) is 22.5 Å². The van der Waals surface area contributed by atoms with E-state index < -0.39 is 21.7 Å². The molecular weight excluding hydrogens is 372 g/mol. The first-order valence-corrected chi connectivity index (χ1v) is 9.65. The summed E-state index contributed by atoms with van der Waals surface area (Å²) in [7, 11) is -3.76. The summed E-state index contributed by atoms with van der Waals surface area (Å²) in [5.74, 6) is -1.29. The third-order valence-electron chi connectivity index (χ3n) is 3.85. The van der Waals surface area contributed by atoms with E-state index in [1.54, 1.807) is 12.1 Å². The molecule has 140 valence electrons. The Balaban J connectivity index is 1.72. The number of pyridine rings is 1. The van der Waals surface area contributed by atoms with Crippen LogP contribution in [0.15, 0.2) is 65.7 Å². The van der Waals surface area contributed by atoms with Crippen LogP contribution in [0.1, 0.15) is 12.5 Å². The highest BCUT2D eigenvalue weighted by Crippen LogP contribution is 2.22. The molecule has 0 fully saturated rings. The predicted octanol–water partition coefficient (Wildman–Crippen LogP) is 4.47. The van der Waals surface area contributed by atoms with E-state index in [-0.39, 0.29) is 16.4 Å². The van der Waals surface area contributed by atoms with Gasteiger partial charge in [-0.25, -0.2) is 22.2 Å². The number of hydrogen-bond donors (Lipinski definition) is 2. The Kier molecular flexibility index (Phi) is 5.36. The van der Waals surface area contributed by atoms with Crippen molar-refractivity contribution in [2.24, 2.45) is 0 Å². The summed E-state index contributed by atoms with van der Waals surface area (Å²) in [4.78, 5) is 4.15. The molecule has 0 aliphatic heterocycles. The number of anilines is 3. The quantitative estimate of drug-likeness (QED) is 0.653. The van der Waals surface area contributed by atoms with E-state index in [1.165, 1.54) is 36.5 Å². The van der Waals surface area contributed by atoms with Crippen molar-refractivity contribution in [2.45, 2.75) is 18.2 Å². The van der Waals surface area contributed by atoms with E-state index in [4.69, 9.17) is 0 Å². The summed E-state index contributed by atoms with van der Waals surface area (Å²) >= 11 is 0. The van der Waals surface area contributed by atoms with Crippen molar-refractivity contribution in [3.63, 3.8) is 0 Å². The van der Waals surface area contributed by atoms with Gasteiger partial charge in [-0.1, -0.05) is 19.1 Å². The molecule has 3 aromatic rings. The van der Waals surface area contributed by atoms with Gasteiger partial charge in [-0.05, 0) is 48.4 Å². The Bertz CT molecular complexity index is 1040. The summed E-state index contributed by atoms with van der Waals surface area (Å²) in [6.45, 7) is 1.99. The molecule has 0 spiro atoms. The van der Waals surface area contributed by atoms with Crippen molar-refractivity contribution in [3.8, 4) is 0 Å². The van der Waals surface area contributed by atoms with Crippen LogP contribution in [-0.4, -0.2) is 13.4 Å². The lowest BCUT2D eigenvalue weighted by Gasteiger charge is -2.10. The molecule has 0 radical (unpaired) electrons. The molecule has 0 atom stereocenters. The predicted molar refractivity (Wildman–Crippen MR) is 101 cm³/mol. The number of aromatic nitrogens is 1. The maximum absolute atomic E-state index is 13.7. The van der Waals surface area contributed by atoms with Gasteiger partial charge in [-0.2, -0.15) is 0 Å². The number of aryl methyl sites for hydroxylation is 1. The first-order chi connectivity index (χ1) is 12.9. The summed E-state index contributed by atoms with van der Waals surface area (Å²) in [5, 5.41) is 2.75. The SMILES string of the molecule is CCc1ccc(S(=O)(=O)Nc2ccc(Nc3ccc(F)cc3F)cn2)cc1. The first-order valence-electron chi connectivity index (χ1n) is 8.17.